The number of ether oxygens (including phenoxy) is 1. The zero-order valence-electron chi connectivity index (χ0n) is 19.7. The maximum absolute atomic E-state index is 12.8. The summed E-state index contributed by atoms with van der Waals surface area (Å²) in [6, 6.07) is 18.1. The maximum Gasteiger partial charge on any atom is 0.293 e. The Morgan fingerprint density at radius 1 is 0.914 bits per heavy atom. The number of rotatable bonds is 7. The lowest BCUT2D eigenvalue weighted by Crippen LogP contribution is -2.32. The Morgan fingerprint density at radius 3 is 2.31 bits per heavy atom. The number of nitrogens with zero attached hydrogens (tertiary/aromatic N) is 3. The van der Waals surface area contributed by atoms with Gasteiger partial charge in [-0.05, 0) is 92.2 Å². The lowest BCUT2D eigenvalue weighted by atomic mass is 10.1. The van der Waals surface area contributed by atoms with Gasteiger partial charge >= 0.3 is 0 Å². The number of aryl methyl sites for hydroxylation is 3. The van der Waals surface area contributed by atoms with Crippen LogP contribution in [0.5, 0.6) is 11.5 Å². The van der Waals surface area contributed by atoms with Gasteiger partial charge in [0.25, 0.3) is 11.1 Å². The Hall–Kier alpha value is -3.91. The van der Waals surface area contributed by atoms with Crippen LogP contribution >= 0.6 is 11.8 Å². The van der Waals surface area contributed by atoms with E-state index in [1.165, 1.54) is 17.7 Å². The second kappa shape index (κ2) is 10.6. The molecule has 0 aromatic heterocycles. The summed E-state index contributed by atoms with van der Waals surface area (Å²) in [5.74, 6) is 0.230. The molecule has 2 amide bonds. The Balaban J connectivity index is 1.45. The van der Waals surface area contributed by atoms with Gasteiger partial charge in [-0.15, -0.1) is 0 Å². The van der Waals surface area contributed by atoms with E-state index in [2.05, 4.69) is 10.2 Å². The van der Waals surface area contributed by atoms with Gasteiger partial charge in [0.05, 0.1) is 22.8 Å². The third-order valence-corrected chi connectivity index (χ3v) is 6.45. The summed E-state index contributed by atoms with van der Waals surface area (Å²) >= 11 is 0.830. The maximum atomic E-state index is 12.8. The summed E-state index contributed by atoms with van der Waals surface area (Å²) in [5, 5.41) is 18.4. The highest BCUT2D eigenvalue weighted by Crippen LogP contribution is 2.35. The monoisotopic (exact) mass is 487 g/mol. The number of benzene rings is 3. The fourth-order valence-corrected chi connectivity index (χ4v) is 4.20. The summed E-state index contributed by atoms with van der Waals surface area (Å²) < 4.78 is 5.65. The molecule has 0 radical (unpaired) electrons. The summed E-state index contributed by atoms with van der Waals surface area (Å²) in [7, 11) is 0. The minimum Gasteiger partial charge on any atom is -0.507 e. The quantitative estimate of drug-likeness (QED) is 0.291. The van der Waals surface area contributed by atoms with Crippen molar-refractivity contribution in [2.45, 2.75) is 20.8 Å². The Bertz CT molecular complexity index is 1330. The number of azo groups is 1. The van der Waals surface area contributed by atoms with Crippen LogP contribution in [0.1, 0.15) is 22.3 Å². The largest absolute Gasteiger partial charge is 0.507 e. The summed E-state index contributed by atoms with van der Waals surface area (Å²) in [5.41, 5.74) is 5.02. The van der Waals surface area contributed by atoms with Crippen molar-refractivity contribution in [3.8, 4) is 11.5 Å². The van der Waals surface area contributed by atoms with Crippen molar-refractivity contribution in [3.63, 3.8) is 0 Å². The molecular formula is C27H25N3O4S. The van der Waals surface area contributed by atoms with Gasteiger partial charge in [0.2, 0.25) is 0 Å². The van der Waals surface area contributed by atoms with E-state index in [-0.39, 0.29) is 29.0 Å². The highest BCUT2D eigenvalue weighted by molar-refractivity contribution is 8.18. The van der Waals surface area contributed by atoms with Gasteiger partial charge in [0.15, 0.2) is 0 Å². The molecule has 4 rings (SSSR count). The van der Waals surface area contributed by atoms with Gasteiger partial charge in [-0.2, -0.15) is 10.2 Å². The van der Waals surface area contributed by atoms with Crippen LogP contribution < -0.4 is 4.74 Å². The lowest BCUT2D eigenvalue weighted by Gasteiger charge is -2.13. The van der Waals surface area contributed by atoms with E-state index in [1.54, 1.807) is 12.1 Å². The van der Waals surface area contributed by atoms with Gasteiger partial charge in [0, 0.05) is 5.56 Å². The van der Waals surface area contributed by atoms with Crippen LogP contribution in [0.3, 0.4) is 0 Å². The van der Waals surface area contributed by atoms with Crippen molar-refractivity contribution in [3.05, 3.63) is 87.8 Å². The lowest BCUT2D eigenvalue weighted by molar-refractivity contribution is -0.123. The topological polar surface area (TPSA) is 91.6 Å². The smallest absolute Gasteiger partial charge is 0.293 e. The van der Waals surface area contributed by atoms with Crippen LogP contribution in [0, 0.1) is 20.8 Å². The first-order valence-corrected chi connectivity index (χ1v) is 11.9. The van der Waals surface area contributed by atoms with Crippen LogP contribution in [0.15, 0.2) is 75.8 Å². The first-order valence-electron chi connectivity index (χ1n) is 11.1. The number of phenolic OH excluding ortho intramolecular Hbond substituents is 1. The van der Waals surface area contributed by atoms with Crippen molar-refractivity contribution in [2.75, 3.05) is 13.2 Å². The van der Waals surface area contributed by atoms with E-state index in [0.717, 1.165) is 33.5 Å². The standard InChI is InChI=1S/C27H25N3O4S/c1-17-4-9-23(10-5-17)34-13-12-30-26(32)25(35-27(30)33)16-20-15-22(8-11-24(20)31)29-28-21-7-6-18(2)19(3)14-21/h4-11,14-16,31H,12-13H2,1-3H3/b25-16-,29-28?. The number of phenols is 1. The van der Waals surface area contributed by atoms with E-state index >= 15 is 0 Å². The van der Waals surface area contributed by atoms with Crippen molar-refractivity contribution >= 4 is 40.4 Å². The van der Waals surface area contributed by atoms with Gasteiger partial charge in [-0.3, -0.25) is 14.5 Å². The number of amides is 2. The molecule has 3 aromatic rings. The third-order valence-electron chi connectivity index (χ3n) is 5.55. The van der Waals surface area contributed by atoms with Crippen LogP contribution in [0.25, 0.3) is 6.08 Å². The molecule has 0 aliphatic carbocycles. The summed E-state index contributed by atoms with van der Waals surface area (Å²) in [4.78, 5) is 26.6. The normalized spacial score (nSPS) is 14.9. The van der Waals surface area contributed by atoms with Gasteiger partial charge < -0.3 is 9.84 Å². The van der Waals surface area contributed by atoms with Gasteiger partial charge in [-0.25, -0.2) is 0 Å². The first kappa shape index (κ1) is 24.2. The molecule has 1 saturated heterocycles. The molecule has 0 saturated carbocycles. The molecule has 3 aromatic carbocycles. The van der Waals surface area contributed by atoms with Crippen LogP contribution in [-0.4, -0.2) is 34.3 Å². The van der Waals surface area contributed by atoms with Crippen molar-refractivity contribution < 1.29 is 19.4 Å². The minimum atomic E-state index is -0.422. The summed E-state index contributed by atoms with van der Waals surface area (Å²) in [6.45, 7) is 6.34. The fourth-order valence-electron chi connectivity index (χ4n) is 3.35. The predicted molar refractivity (Wildman–Crippen MR) is 138 cm³/mol. The molecule has 35 heavy (non-hydrogen) atoms. The van der Waals surface area contributed by atoms with Crippen molar-refractivity contribution in [2.24, 2.45) is 10.2 Å². The molecule has 1 fully saturated rings. The zero-order chi connectivity index (χ0) is 24.9. The van der Waals surface area contributed by atoms with E-state index in [9.17, 15) is 14.7 Å². The molecule has 7 nitrogen and oxygen atoms in total. The van der Waals surface area contributed by atoms with Crippen LogP contribution in [0.4, 0.5) is 16.2 Å². The molecule has 1 aliphatic rings. The van der Waals surface area contributed by atoms with Gasteiger partial charge in [-0.1, -0.05) is 23.8 Å². The number of imide groups is 1. The molecule has 178 valence electrons. The predicted octanol–water partition coefficient (Wildman–Crippen LogP) is 6.85. The molecule has 0 bridgehead atoms. The minimum absolute atomic E-state index is 0.0235. The fraction of sp³-hybridized carbons (Fsp3) is 0.185. The number of carbonyl (C=O) groups is 2. The summed E-state index contributed by atoms with van der Waals surface area (Å²) in [6.07, 6.45) is 1.50. The Labute approximate surface area is 208 Å². The highest BCUT2D eigenvalue weighted by atomic mass is 32.2. The van der Waals surface area contributed by atoms with Crippen molar-refractivity contribution in [1.82, 2.24) is 4.90 Å². The second-order valence-electron chi connectivity index (χ2n) is 8.21. The van der Waals surface area contributed by atoms with E-state index < -0.39 is 5.91 Å². The van der Waals surface area contributed by atoms with E-state index in [4.69, 9.17) is 4.74 Å². The number of aromatic hydroxyl groups is 1. The molecule has 1 heterocycles. The zero-order valence-corrected chi connectivity index (χ0v) is 20.5. The molecule has 1 N–H and O–H groups in total. The van der Waals surface area contributed by atoms with E-state index in [1.807, 2.05) is 63.2 Å². The molecule has 0 atom stereocenters. The van der Waals surface area contributed by atoms with Crippen LogP contribution in [-0.2, 0) is 4.79 Å². The number of hydrogen-bond acceptors (Lipinski definition) is 7. The number of hydrogen-bond donors (Lipinski definition) is 1. The van der Waals surface area contributed by atoms with Crippen LogP contribution in [0.2, 0.25) is 0 Å². The van der Waals surface area contributed by atoms with Gasteiger partial charge in [0.1, 0.15) is 18.1 Å². The third kappa shape index (κ3) is 5.96. The van der Waals surface area contributed by atoms with E-state index in [0.29, 0.717) is 17.0 Å². The SMILES string of the molecule is Cc1ccc(OCCN2C(=O)S/C(=C\c3cc(N=Nc4ccc(C)c(C)c4)ccc3O)C2=O)cc1. The second-order valence-corrected chi connectivity index (χ2v) is 9.20. The van der Waals surface area contributed by atoms with Crippen molar-refractivity contribution in [1.29, 1.82) is 0 Å². The number of carbonyl (C=O) groups excluding carboxylic acids is 2. The highest BCUT2D eigenvalue weighted by Gasteiger charge is 2.35. The average molecular weight is 488 g/mol. The molecule has 0 spiro atoms. The molecule has 0 unspecified atom stereocenters. The Morgan fingerprint density at radius 2 is 1.60 bits per heavy atom. The Kier molecular flexibility index (Phi) is 7.31. The molecule has 8 heteroatoms. The average Bonchev–Trinajstić information content (AvgIpc) is 3.10. The first-order chi connectivity index (χ1) is 16.8. The number of thioether (sulfide) groups is 1. The molecular weight excluding hydrogens is 462 g/mol. The molecule has 1 aliphatic heterocycles.